The lowest BCUT2D eigenvalue weighted by molar-refractivity contribution is 0.0425. The van der Waals surface area contributed by atoms with Crippen LogP contribution in [0, 0.1) is 0 Å². The van der Waals surface area contributed by atoms with Gasteiger partial charge in [-0.05, 0) is 94.0 Å². The molecule has 2 heterocycles. The fraction of sp³-hybridized carbons (Fsp3) is 0.0233. The molecule has 0 bridgehead atoms. The molecule has 10 nitrogen and oxygen atoms in total. The molecule has 0 N–H and O–H groups in total. The van der Waals surface area contributed by atoms with Gasteiger partial charge >= 0.3 is 35.8 Å². The van der Waals surface area contributed by atoms with E-state index in [9.17, 15) is 28.8 Å². The molecular formula is C43H22O10. The Labute approximate surface area is 300 Å². The summed E-state index contributed by atoms with van der Waals surface area (Å²) in [4.78, 5) is 74.9. The second-order valence-corrected chi connectivity index (χ2v) is 12.6. The van der Waals surface area contributed by atoms with E-state index in [1.54, 1.807) is 36.4 Å². The van der Waals surface area contributed by atoms with Gasteiger partial charge in [-0.2, -0.15) is 0 Å². The Morgan fingerprint density at radius 1 is 0.415 bits per heavy atom. The molecule has 254 valence electrons. The van der Waals surface area contributed by atoms with Gasteiger partial charge in [0.05, 0.1) is 38.8 Å². The highest BCUT2D eigenvalue weighted by Gasteiger charge is 2.46. The van der Waals surface area contributed by atoms with Crippen molar-refractivity contribution in [3.8, 4) is 22.6 Å². The van der Waals surface area contributed by atoms with Crippen LogP contribution in [0.4, 0.5) is 0 Å². The summed E-state index contributed by atoms with van der Waals surface area (Å²) in [6.45, 7) is 0. The molecule has 0 amide bonds. The standard InChI is InChI=1S/C43H22O10/c44-37(23-15-17-31-33(19-23)41(48)52-39(31)46)50-27-9-5-7-25(21-27)43(35-13-3-1-11-29(35)30-12-2-4-14-36(30)43)26-8-6-10-28(22-26)51-38(45)24-16-18-32-34(20-24)42(49)53-40(32)47/h1-22H. The van der Waals surface area contributed by atoms with Crippen molar-refractivity contribution in [1.29, 1.82) is 0 Å². The molecule has 0 aromatic heterocycles. The number of hydrogen-bond acceptors (Lipinski definition) is 10. The maximum absolute atomic E-state index is 13.4. The molecule has 53 heavy (non-hydrogen) atoms. The van der Waals surface area contributed by atoms with Crippen LogP contribution >= 0.6 is 0 Å². The molecule has 0 spiro atoms. The number of fused-ring (bicyclic) bond motifs is 5. The Hall–Kier alpha value is -7.46. The maximum Gasteiger partial charge on any atom is 0.346 e. The van der Waals surface area contributed by atoms with Crippen molar-refractivity contribution < 1.29 is 47.7 Å². The maximum atomic E-state index is 13.4. The van der Waals surface area contributed by atoms with E-state index in [1.807, 2.05) is 60.7 Å². The zero-order valence-electron chi connectivity index (χ0n) is 27.3. The Morgan fingerprint density at radius 3 is 1.28 bits per heavy atom. The normalized spacial score (nSPS) is 14.4. The third kappa shape index (κ3) is 4.88. The predicted octanol–water partition coefficient (Wildman–Crippen LogP) is 7.11. The van der Waals surface area contributed by atoms with E-state index in [0.717, 1.165) is 33.4 Å². The summed E-state index contributed by atoms with van der Waals surface area (Å²) < 4.78 is 21.0. The van der Waals surface area contributed by atoms with Crippen molar-refractivity contribution in [2.75, 3.05) is 0 Å². The Morgan fingerprint density at radius 2 is 0.830 bits per heavy atom. The van der Waals surface area contributed by atoms with E-state index >= 15 is 0 Å². The number of cyclic esters (lactones) is 4. The minimum Gasteiger partial charge on any atom is -0.423 e. The number of benzene rings is 6. The van der Waals surface area contributed by atoms with Gasteiger partial charge in [-0.25, -0.2) is 28.8 Å². The van der Waals surface area contributed by atoms with E-state index in [-0.39, 0.29) is 44.9 Å². The molecule has 0 saturated heterocycles. The predicted molar refractivity (Wildman–Crippen MR) is 186 cm³/mol. The summed E-state index contributed by atoms with van der Waals surface area (Å²) in [6, 6.07) is 38.2. The first-order valence-electron chi connectivity index (χ1n) is 16.4. The molecule has 6 aromatic rings. The van der Waals surface area contributed by atoms with Crippen molar-refractivity contribution in [3.63, 3.8) is 0 Å². The van der Waals surface area contributed by atoms with E-state index in [1.165, 1.54) is 36.4 Å². The summed E-state index contributed by atoms with van der Waals surface area (Å²) in [5.41, 5.74) is 4.65. The third-order valence-electron chi connectivity index (χ3n) is 9.67. The Bertz CT molecular complexity index is 2470. The van der Waals surface area contributed by atoms with Gasteiger partial charge in [-0.3, -0.25) is 0 Å². The highest BCUT2D eigenvalue weighted by Crippen LogP contribution is 2.56. The van der Waals surface area contributed by atoms with Crippen molar-refractivity contribution in [1.82, 2.24) is 0 Å². The molecule has 9 rings (SSSR count). The van der Waals surface area contributed by atoms with Crippen LogP contribution < -0.4 is 9.47 Å². The zero-order chi connectivity index (χ0) is 36.4. The van der Waals surface area contributed by atoms with Crippen molar-refractivity contribution in [2.24, 2.45) is 0 Å². The second-order valence-electron chi connectivity index (χ2n) is 12.6. The van der Waals surface area contributed by atoms with Crippen molar-refractivity contribution >= 4 is 35.8 Å². The van der Waals surface area contributed by atoms with E-state index < -0.39 is 41.2 Å². The monoisotopic (exact) mass is 698 g/mol. The summed E-state index contributed by atoms with van der Waals surface area (Å²) in [7, 11) is 0. The van der Waals surface area contributed by atoms with Crippen LogP contribution in [-0.4, -0.2) is 35.8 Å². The molecule has 0 atom stereocenters. The highest BCUT2D eigenvalue weighted by atomic mass is 16.6. The number of carbonyl (C=O) groups excluding carboxylic acids is 6. The first-order valence-corrected chi connectivity index (χ1v) is 16.4. The second kappa shape index (κ2) is 11.8. The largest absolute Gasteiger partial charge is 0.423 e. The number of rotatable bonds is 6. The number of esters is 6. The molecule has 1 aliphatic carbocycles. The van der Waals surface area contributed by atoms with Gasteiger partial charge in [-0.1, -0.05) is 72.8 Å². The molecule has 0 radical (unpaired) electrons. The van der Waals surface area contributed by atoms with Gasteiger partial charge in [0, 0.05) is 0 Å². The molecule has 6 aromatic carbocycles. The van der Waals surface area contributed by atoms with Crippen LogP contribution in [0.15, 0.2) is 133 Å². The molecule has 3 aliphatic rings. The highest BCUT2D eigenvalue weighted by molar-refractivity contribution is 6.16. The SMILES string of the molecule is O=C(Oc1cccc(C2(c3cccc(OC(=O)c4ccc5c(c4)C(=O)OC5=O)c3)c3ccccc3-c3ccccc32)c1)c1ccc2c(c1)C(=O)OC2=O. The summed E-state index contributed by atoms with van der Waals surface area (Å²) >= 11 is 0. The lowest BCUT2D eigenvalue weighted by Gasteiger charge is -2.34. The van der Waals surface area contributed by atoms with E-state index in [2.05, 4.69) is 9.47 Å². The topological polar surface area (TPSA) is 139 Å². The van der Waals surface area contributed by atoms with Crippen LogP contribution in [0.1, 0.15) is 84.4 Å². The quantitative estimate of drug-likeness (QED) is 0.100. The fourth-order valence-electron chi connectivity index (χ4n) is 7.37. The summed E-state index contributed by atoms with van der Waals surface area (Å²) in [5.74, 6) is -4.23. The van der Waals surface area contributed by atoms with E-state index in [0.29, 0.717) is 0 Å². The number of carbonyl (C=O) groups is 6. The van der Waals surface area contributed by atoms with Gasteiger partial charge < -0.3 is 18.9 Å². The average molecular weight is 699 g/mol. The van der Waals surface area contributed by atoms with Gasteiger partial charge in [0.25, 0.3) is 0 Å². The summed E-state index contributed by atoms with van der Waals surface area (Å²) in [5, 5.41) is 0. The molecule has 10 heteroatoms. The van der Waals surface area contributed by atoms with Crippen LogP contribution in [0.5, 0.6) is 11.5 Å². The third-order valence-corrected chi connectivity index (χ3v) is 9.67. The summed E-state index contributed by atoms with van der Waals surface area (Å²) in [6.07, 6.45) is 0. The van der Waals surface area contributed by atoms with Gasteiger partial charge in [0.2, 0.25) is 0 Å². The molecule has 0 saturated carbocycles. The zero-order valence-corrected chi connectivity index (χ0v) is 27.3. The number of ether oxygens (including phenoxy) is 4. The molecule has 2 aliphatic heterocycles. The molecule has 0 fully saturated rings. The van der Waals surface area contributed by atoms with Crippen LogP contribution in [0.3, 0.4) is 0 Å². The van der Waals surface area contributed by atoms with Crippen molar-refractivity contribution in [2.45, 2.75) is 5.41 Å². The smallest absolute Gasteiger partial charge is 0.346 e. The van der Waals surface area contributed by atoms with E-state index in [4.69, 9.17) is 9.47 Å². The lowest BCUT2D eigenvalue weighted by Crippen LogP contribution is -2.28. The van der Waals surface area contributed by atoms with Gasteiger partial charge in [0.1, 0.15) is 11.5 Å². The minimum absolute atomic E-state index is 0.00862. The Balaban J connectivity index is 1.12. The van der Waals surface area contributed by atoms with Gasteiger partial charge in [0.15, 0.2) is 0 Å². The van der Waals surface area contributed by atoms with Crippen LogP contribution in [0.2, 0.25) is 0 Å². The fourth-order valence-corrected chi connectivity index (χ4v) is 7.37. The van der Waals surface area contributed by atoms with Crippen LogP contribution in [0.25, 0.3) is 11.1 Å². The average Bonchev–Trinajstić information content (AvgIpc) is 3.76. The lowest BCUT2D eigenvalue weighted by atomic mass is 9.67. The van der Waals surface area contributed by atoms with Crippen LogP contribution in [-0.2, 0) is 14.9 Å². The van der Waals surface area contributed by atoms with Gasteiger partial charge in [-0.15, -0.1) is 0 Å². The first-order chi connectivity index (χ1) is 25.7. The number of hydrogen-bond donors (Lipinski definition) is 0. The Kier molecular flexibility index (Phi) is 7.03. The minimum atomic E-state index is -0.979. The molecule has 0 unspecified atom stereocenters. The van der Waals surface area contributed by atoms with Crippen molar-refractivity contribution in [3.05, 3.63) is 189 Å². The first kappa shape index (κ1) is 31.5. The molecular weight excluding hydrogens is 676 g/mol.